The number of rotatable bonds is 3. The first-order chi connectivity index (χ1) is 11.5. The number of nitrogens with two attached hydrogens (primary N) is 2. The molecular formula is C19H17FN4. The third-order valence-corrected chi connectivity index (χ3v) is 3.89. The summed E-state index contributed by atoms with van der Waals surface area (Å²) in [5, 5.41) is 7.47. The quantitative estimate of drug-likeness (QED) is 0.503. The van der Waals surface area contributed by atoms with E-state index in [0.717, 1.165) is 16.7 Å². The van der Waals surface area contributed by atoms with Crippen molar-refractivity contribution in [3.8, 4) is 22.4 Å². The van der Waals surface area contributed by atoms with Crippen molar-refractivity contribution in [1.82, 2.24) is 4.98 Å². The molecule has 0 saturated heterocycles. The van der Waals surface area contributed by atoms with Crippen LogP contribution in [0.5, 0.6) is 0 Å². The minimum absolute atomic E-state index is 0.255. The number of aromatic nitrogens is 1. The minimum atomic E-state index is -0.255. The molecule has 5 N–H and O–H groups in total. The summed E-state index contributed by atoms with van der Waals surface area (Å²) >= 11 is 0. The molecule has 2 aromatic carbocycles. The Hall–Kier alpha value is -3.21. The molecule has 3 rings (SSSR count). The molecule has 1 aromatic heterocycles. The van der Waals surface area contributed by atoms with Gasteiger partial charge in [-0.25, -0.2) is 4.39 Å². The highest BCUT2D eigenvalue weighted by Crippen LogP contribution is 2.33. The largest absolute Gasteiger partial charge is 0.398 e. The first-order valence-electron chi connectivity index (χ1n) is 7.42. The van der Waals surface area contributed by atoms with E-state index in [0.29, 0.717) is 28.2 Å². The van der Waals surface area contributed by atoms with E-state index in [4.69, 9.17) is 16.9 Å². The van der Waals surface area contributed by atoms with Crippen molar-refractivity contribution in [2.45, 2.75) is 6.92 Å². The van der Waals surface area contributed by atoms with Gasteiger partial charge in [-0.1, -0.05) is 6.07 Å². The van der Waals surface area contributed by atoms with Gasteiger partial charge in [0.05, 0.1) is 17.6 Å². The number of halogens is 1. The van der Waals surface area contributed by atoms with Gasteiger partial charge in [0, 0.05) is 28.6 Å². The van der Waals surface area contributed by atoms with Crippen LogP contribution in [0, 0.1) is 18.2 Å². The third-order valence-electron chi connectivity index (χ3n) is 3.89. The van der Waals surface area contributed by atoms with Gasteiger partial charge < -0.3 is 16.9 Å². The second-order valence-electron chi connectivity index (χ2n) is 5.62. The van der Waals surface area contributed by atoms with Crippen LogP contribution in [0.25, 0.3) is 22.4 Å². The molecule has 0 fully saturated rings. The second kappa shape index (κ2) is 6.12. The molecule has 0 amide bonds. The zero-order valence-corrected chi connectivity index (χ0v) is 13.2. The lowest BCUT2D eigenvalue weighted by Gasteiger charge is -2.12. The average molecular weight is 320 g/mol. The number of nitrogen functional groups attached to an aromatic ring is 2. The summed E-state index contributed by atoms with van der Waals surface area (Å²) in [7, 11) is 0. The molecule has 0 unspecified atom stereocenters. The monoisotopic (exact) mass is 320 g/mol. The number of hydrogen-bond acceptors (Lipinski definition) is 4. The average Bonchev–Trinajstić information content (AvgIpc) is 2.58. The molecule has 4 nitrogen and oxygen atoms in total. The molecule has 0 aliphatic rings. The number of pyridine rings is 1. The second-order valence-corrected chi connectivity index (χ2v) is 5.62. The van der Waals surface area contributed by atoms with Crippen LogP contribution in [-0.4, -0.2) is 11.2 Å². The Balaban J connectivity index is 2.22. The molecule has 3 aromatic rings. The van der Waals surface area contributed by atoms with Gasteiger partial charge in [0.25, 0.3) is 0 Å². The molecule has 0 spiro atoms. The van der Waals surface area contributed by atoms with E-state index in [9.17, 15) is 4.39 Å². The maximum atomic E-state index is 13.6. The molecule has 0 bridgehead atoms. The van der Waals surface area contributed by atoms with Gasteiger partial charge in [-0.05, 0) is 54.4 Å². The molecule has 0 atom stereocenters. The molecule has 5 heteroatoms. The fraction of sp³-hybridized carbons (Fsp3) is 0.0526. The van der Waals surface area contributed by atoms with E-state index in [1.54, 1.807) is 31.3 Å². The van der Waals surface area contributed by atoms with Crippen molar-refractivity contribution in [3.05, 3.63) is 65.6 Å². The summed E-state index contributed by atoms with van der Waals surface area (Å²) in [5.41, 5.74) is 17.2. The Morgan fingerprint density at radius 1 is 1.04 bits per heavy atom. The number of hydrogen-bond donors (Lipinski definition) is 3. The molecule has 24 heavy (non-hydrogen) atoms. The standard InChI is InChI=1S/C19H17FN4/c1-11-6-13(2-4-17(11)20)19-16(8-15(22)10-24-19)12-3-5-18(23)14(7-12)9-21/h2-10,21H,22-23H2,1H3. The molecule has 0 radical (unpaired) electrons. The molecular weight excluding hydrogens is 303 g/mol. The van der Waals surface area contributed by atoms with Crippen LogP contribution in [0.1, 0.15) is 11.1 Å². The van der Waals surface area contributed by atoms with Crippen molar-refractivity contribution in [2.24, 2.45) is 0 Å². The number of benzene rings is 2. The van der Waals surface area contributed by atoms with Crippen molar-refractivity contribution in [3.63, 3.8) is 0 Å². The van der Waals surface area contributed by atoms with E-state index >= 15 is 0 Å². The molecule has 0 aliphatic carbocycles. The summed E-state index contributed by atoms with van der Waals surface area (Å²) in [5.74, 6) is -0.255. The van der Waals surface area contributed by atoms with Gasteiger partial charge in [0.15, 0.2) is 0 Å². The number of aryl methyl sites for hydroxylation is 1. The zero-order chi connectivity index (χ0) is 17.3. The zero-order valence-electron chi connectivity index (χ0n) is 13.2. The third kappa shape index (κ3) is 2.84. The molecule has 0 aliphatic heterocycles. The van der Waals surface area contributed by atoms with Crippen LogP contribution < -0.4 is 11.5 Å². The predicted octanol–water partition coefficient (Wildman–Crippen LogP) is 4.03. The minimum Gasteiger partial charge on any atom is -0.398 e. The van der Waals surface area contributed by atoms with Crippen LogP contribution in [0.2, 0.25) is 0 Å². The Morgan fingerprint density at radius 3 is 2.50 bits per heavy atom. The SMILES string of the molecule is Cc1cc(-c2ncc(N)cc2-c2ccc(N)c(C=N)c2)ccc1F. The van der Waals surface area contributed by atoms with Gasteiger partial charge in [0.2, 0.25) is 0 Å². The normalized spacial score (nSPS) is 10.6. The summed E-state index contributed by atoms with van der Waals surface area (Å²) in [6.07, 6.45) is 2.78. The fourth-order valence-electron chi connectivity index (χ4n) is 2.59. The summed E-state index contributed by atoms with van der Waals surface area (Å²) in [6, 6.07) is 12.1. The first kappa shape index (κ1) is 15.7. The van der Waals surface area contributed by atoms with E-state index in [-0.39, 0.29) is 5.82 Å². The topological polar surface area (TPSA) is 88.8 Å². The highest BCUT2D eigenvalue weighted by Gasteiger charge is 2.12. The summed E-state index contributed by atoms with van der Waals surface area (Å²) < 4.78 is 13.6. The highest BCUT2D eigenvalue weighted by molar-refractivity contribution is 5.90. The van der Waals surface area contributed by atoms with Crippen molar-refractivity contribution in [1.29, 1.82) is 5.41 Å². The van der Waals surface area contributed by atoms with Crippen LogP contribution in [0.3, 0.4) is 0 Å². The van der Waals surface area contributed by atoms with E-state index in [2.05, 4.69) is 4.98 Å². The summed E-state index contributed by atoms with van der Waals surface area (Å²) in [4.78, 5) is 4.44. The van der Waals surface area contributed by atoms with Gasteiger partial charge in [-0.2, -0.15) is 0 Å². The number of anilines is 2. The Bertz CT molecular complexity index is 935. The lowest BCUT2D eigenvalue weighted by atomic mass is 9.96. The Labute approximate surface area is 139 Å². The van der Waals surface area contributed by atoms with Crippen molar-refractivity contribution < 1.29 is 4.39 Å². The van der Waals surface area contributed by atoms with Crippen LogP contribution in [-0.2, 0) is 0 Å². The molecule has 1 heterocycles. The van der Waals surface area contributed by atoms with Crippen molar-refractivity contribution in [2.75, 3.05) is 11.5 Å². The van der Waals surface area contributed by atoms with Crippen LogP contribution >= 0.6 is 0 Å². The number of nitrogens with zero attached hydrogens (tertiary/aromatic N) is 1. The lowest BCUT2D eigenvalue weighted by Crippen LogP contribution is -1.97. The van der Waals surface area contributed by atoms with Crippen LogP contribution in [0.15, 0.2) is 48.7 Å². The highest BCUT2D eigenvalue weighted by atomic mass is 19.1. The Morgan fingerprint density at radius 2 is 1.79 bits per heavy atom. The molecule has 0 saturated carbocycles. The lowest BCUT2D eigenvalue weighted by molar-refractivity contribution is 0.619. The first-order valence-corrected chi connectivity index (χ1v) is 7.42. The molecule has 120 valence electrons. The van der Waals surface area contributed by atoms with Crippen molar-refractivity contribution >= 4 is 17.6 Å². The van der Waals surface area contributed by atoms with Gasteiger partial charge >= 0.3 is 0 Å². The summed E-state index contributed by atoms with van der Waals surface area (Å²) in [6.45, 7) is 1.71. The van der Waals surface area contributed by atoms with E-state index < -0.39 is 0 Å². The van der Waals surface area contributed by atoms with Gasteiger partial charge in [-0.15, -0.1) is 0 Å². The maximum absolute atomic E-state index is 13.6. The maximum Gasteiger partial charge on any atom is 0.126 e. The fourth-order valence-corrected chi connectivity index (χ4v) is 2.59. The van der Waals surface area contributed by atoms with E-state index in [1.807, 2.05) is 18.2 Å². The van der Waals surface area contributed by atoms with Gasteiger partial charge in [0.1, 0.15) is 5.82 Å². The predicted molar refractivity (Wildman–Crippen MR) is 96.5 cm³/mol. The van der Waals surface area contributed by atoms with Gasteiger partial charge in [-0.3, -0.25) is 4.98 Å². The van der Waals surface area contributed by atoms with Crippen LogP contribution in [0.4, 0.5) is 15.8 Å². The Kier molecular flexibility index (Phi) is 4.00. The number of nitrogens with one attached hydrogen (secondary N) is 1. The van der Waals surface area contributed by atoms with E-state index in [1.165, 1.54) is 12.3 Å². The smallest absolute Gasteiger partial charge is 0.126 e.